The van der Waals surface area contributed by atoms with Crippen LogP contribution in [0.15, 0.2) is 14.6 Å². The van der Waals surface area contributed by atoms with Gasteiger partial charge >= 0.3 is 11.7 Å². The maximum absolute atomic E-state index is 12.9. The van der Waals surface area contributed by atoms with Crippen molar-refractivity contribution in [3.63, 3.8) is 0 Å². The first-order valence-corrected chi connectivity index (χ1v) is 18.6. The molecule has 0 aromatic carbocycles. The van der Waals surface area contributed by atoms with E-state index in [-0.39, 0.29) is 35.1 Å². The lowest BCUT2D eigenvalue weighted by atomic mass is 10.0. The van der Waals surface area contributed by atoms with Crippen molar-refractivity contribution in [3.8, 4) is 0 Å². The van der Waals surface area contributed by atoms with Crippen molar-refractivity contribution in [2.24, 2.45) is 12.0 Å². The van der Waals surface area contributed by atoms with E-state index >= 15 is 0 Å². The molecule has 0 spiro atoms. The fourth-order valence-electron chi connectivity index (χ4n) is 6.35. The summed E-state index contributed by atoms with van der Waals surface area (Å²) in [6.07, 6.45) is 22.6. The zero-order valence-corrected chi connectivity index (χ0v) is 29.8. The second-order valence-corrected chi connectivity index (χ2v) is 13.2. The predicted octanol–water partition coefficient (Wildman–Crippen LogP) is 7.97. The van der Waals surface area contributed by atoms with E-state index in [4.69, 9.17) is 4.74 Å². The number of esters is 1. The van der Waals surface area contributed by atoms with Gasteiger partial charge in [-0.3, -0.25) is 23.5 Å². The van der Waals surface area contributed by atoms with Gasteiger partial charge < -0.3 is 9.64 Å². The molecule has 0 radical (unpaired) electrons. The van der Waals surface area contributed by atoms with E-state index in [1.54, 1.807) is 13.3 Å². The summed E-state index contributed by atoms with van der Waals surface area (Å²) >= 11 is 0. The predicted molar refractivity (Wildman–Crippen MR) is 188 cm³/mol. The van der Waals surface area contributed by atoms with Gasteiger partial charge in [0.15, 0.2) is 0 Å². The third-order valence-electron chi connectivity index (χ3n) is 9.28. The number of hydrogen-bond acceptors (Lipinski definition) is 6. The summed E-state index contributed by atoms with van der Waals surface area (Å²) in [7, 11) is 1.68. The Hall–Kier alpha value is -2.71. The molecular weight excluding hydrogens is 580 g/mol. The number of rotatable bonds is 26. The highest BCUT2D eigenvalue weighted by Gasteiger charge is 2.24. The molecule has 1 amide bonds. The molecule has 9 nitrogen and oxygen atoms in total. The van der Waals surface area contributed by atoms with Crippen LogP contribution in [0.4, 0.5) is 5.82 Å². The number of fused-ring (bicyclic) bond motifs is 1. The summed E-state index contributed by atoms with van der Waals surface area (Å²) in [6, 6.07) is 0. The van der Waals surface area contributed by atoms with E-state index in [0.717, 1.165) is 70.8 Å². The Labute approximate surface area is 278 Å². The molecule has 1 aliphatic rings. The van der Waals surface area contributed by atoms with Crippen molar-refractivity contribution in [1.82, 2.24) is 14.0 Å². The van der Waals surface area contributed by atoms with Crippen LogP contribution in [-0.4, -0.2) is 51.3 Å². The van der Waals surface area contributed by atoms with Crippen molar-refractivity contribution >= 4 is 23.9 Å². The second-order valence-electron chi connectivity index (χ2n) is 13.2. The summed E-state index contributed by atoms with van der Waals surface area (Å²) in [5.41, 5.74) is 0.117. The molecule has 0 N–H and O–H groups in total. The number of carbonyl (C=O) groups excluding carboxylic acids is 2. The number of aliphatic imine (C=N–C) groups is 1. The van der Waals surface area contributed by atoms with Crippen molar-refractivity contribution < 1.29 is 14.3 Å². The van der Waals surface area contributed by atoms with Gasteiger partial charge in [0.2, 0.25) is 5.91 Å². The molecule has 0 fully saturated rings. The average Bonchev–Trinajstić information content (AvgIpc) is 3.45. The first-order valence-electron chi connectivity index (χ1n) is 18.6. The fraction of sp³-hybridized carbons (Fsp3) is 0.811. The van der Waals surface area contributed by atoms with Gasteiger partial charge in [0, 0.05) is 45.1 Å². The number of aromatic nitrogens is 2. The van der Waals surface area contributed by atoms with Crippen LogP contribution in [0.2, 0.25) is 0 Å². The first-order chi connectivity index (χ1) is 22.2. The Morgan fingerprint density at radius 3 is 1.98 bits per heavy atom. The molecule has 0 aliphatic carbocycles. The Morgan fingerprint density at radius 1 is 0.826 bits per heavy atom. The van der Waals surface area contributed by atoms with Crippen LogP contribution in [0.1, 0.15) is 168 Å². The molecule has 2 rings (SSSR count). The Kier molecular flexibility index (Phi) is 19.5. The molecule has 0 bridgehead atoms. The molecule has 262 valence electrons. The van der Waals surface area contributed by atoms with Gasteiger partial charge in [-0.2, -0.15) is 0 Å². The Morgan fingerprint density at radius 2 is 1.39 bits per heavy atom. The van der Waals surface area contributed by atoms with E-state index in [9.17, 15) is 19.2 Å². The average molecular weight is 645 g/mol. The molecule has 1 aromatic heterocycles. The minimum atomic E-state index is -0.295. The zero-order chi connectivity index (χ0) is 33.7. The van der Waals surface area contributed by atoms with Crippen molar-refractivity contribution in [2.45, 2.75) is 175 Å². The van der Waals surface area contributed by atoms with Gasteiger partial charge in [-0.1, -0.05) is 118 Å². The maximum Gasteiger partial charge on any atom is 0.332 e. The van der Waals surface area contributed by atoms with Gasteiger partial charge in [0.05, 0.1) is 12.1 Å². The molecule has 1 aromatic rings. The summed E-state index contributed by atoms with van der Waals surface area (Å²) < 4.78 is 8.64. The monoisotopic (exact) mass is 644 g/mol. The van der Waals surface area contributed by atoms with Crippen LogP contribution in [0.5, 0.6) is 0 Å². The number of unbranched alkanes of at least 4 members (excludes halogenated alkanes) is 15. The molecular formula is C37H64N4O5. The highest BCUT2D eigenvalue weighted by Crippen LogP contribution is 2.26. The highest BCUT2D eigenvalue weighted by atomic mass is 16.5. The summed E-state index contributed by atoms with van der Waals surface area (Å²) in [5, 5.41) is 0. The third kappa shape index (κ3) is 13.6. The van der Waals surface area contributed by atoms with E-state index in [1.807, 2.05) is 25.7 Å². The molecule has 46 heavy (non-hydrogen) atoms. The molecule has 0 saturated heterocycles. The van der Waals surface area contributed by atoms with Crippen molar-refractivity contribution in [2.75, 3.05) is 13.1 Å². The minimum absolute atomic E-state index is 0.0645. The van der Waals surface area contributed by atoms with E-state index in [2.05, 4.69) is 11.9 Å². The number of ether oxygens (including phenoxy) is 1. The number of amides is 1. The maximum atomic E-state index is 12.9. The molecule has 1 aliphatic heterocycles. The smallest absolute Gasteiger partial charge is 0.332 e. The van der Waals surface area contributed by atoms with Crippen LogP contribution in [-0.2, 0) is 27.9 Å². The Balaban J connectivity index is 1.69. The summed E-state index contributed by atoms with van der Waals surface area (Å²) in [5.74, 6) is 0.359. The minimum Gasteiger partial charge on any atom is -0.460 e. The Bertz CT molecular complexity index is 1190. The van der Waals surface area contributed by atoms with Crippen molar-refractivity contribution in [3.05, 3.63) is 26.4 Å². The zero-order valence-electron chi connectivity index (χ0n) is 29.8. The number of hydrogen-bond donors (Lipinski definition) is 0. The van der Waals surface area contributed by atoms with Gasteiger partial charge in [0.25, 0.3) is 5.56 Å². The second kappa shape index (κ2) is 22.8. The lowest BCUT2D eigenvalue weighted by molar-refractivity contribution is -0.152. The lowest BCUT2D eigenvalue weighted by Gasteiger charge is -2.27. The van der Waals surface area contributed by atoms with Crippen LogP contribution in [0.3, 0.4) is 0 Å². The summed E-state index contributed by atoms with van der Waals surface area (Å²) in [6.45, 7) is 9.55. The van der Waals surface area contributed by atoms with Gasteiger partial charge in [-0.25, -0.2) is 9.79 Å². The number of carbonyl (C=O) groups is 2. The normalized spacial score (nSPS) is 14.4. The van der Waals surface area contributed by atoms with Crippen molar-refractivity contribution in [1.29, 1.82) is 0 Å². The first kappa shape index (κ1) is 39.5. The third-order valence-corrected chi connectivity index (χ3v) is 9.28. The number of nitrogens with zero attached hydrogens (tertiary/aromatic N) is 4. The van der Waals surface area contributed by atoms with E-state index in [0.29, 0.717) is 37.3 Å². The van der Waals surface area contributed by atoms with Crippen LogP contribution >= 0.6 is 0 Å². The molecule has 0 saturated carbocycles. The van der Waals surface area contributed by atoms with E-state index < -0.39 is 0 Å². The van der Waals surface area contributed by atoms with Crippen LogP contribution < -0.4 is 11.2 Å². The molecule has 2 atom stereocenters. The standard InChI is InChI=1S/C37H64N4O5/c1-6-9-10-11-12-13-14-17-20-23-26-40(32(42)7-2)29-31(46-33(43)8-3)25-22-19-16-15-18-21-24-27-41-36(44)34-30(4)28-38-35(34)39(5)37(41)45/h28,30-31H,6-27,29H2,1-5H3. The lowest BCUT2D eigenvalue weighted by Crippen LogP contribution is -2.40. The summed E-state index contributed by atoms with van der Waals surface area (Å²) in [4.78, 5) is 56.7. The van der Waals surface area contributed by atoms with E-state index in [1.165, 1.54) is 60.5 Å². The van der Waals surface area contributed by atoms with Gasteiger partial charge in [-0.15, -0.1) is 0 Å². The van der Waals surface area contributed by atoms with Crippen LogP contribution in [0.25, 0.3) is 0 Å². The SMILES string of the molecule is CCCCCCCCCCCCN(CC(CCCCCCCCCn1c(=O)c2c(n(C)c1=O)N=CC2C)OC(=O)CC)C(=O)CC. The molecule has 2 unspecified atom stereocenters. The quantitative estimate of drug-likeness (QED) is 0.0752. The largest absolute Gasteiger partial charge is 0.460 e. The molecule has 9 heteroatoms. The van der Waals surface area contributed by atoms with Crippen LogP contribution in [0, 0.1) is 0 Å². The topological polar surface area (TPSA) is 103 Å². The fourth-order valence-corrected chi connectivity index (χ4v) is 6.35. The molecule has 2 heterocycles. The van der Waals surface area contributed by atoms with Gasteiger partial charge in [-0.05, 0) is 25.7 Å². The highest BCUT2D eigenvalue weighted by molar-refractivity contribution is 5.78. The van der Waals surface area contributed by atoms with Gasteiger partial charge in [0.1, 0.15) is 11.9 Å².